The zero-order valence-electron chi connectivity index (χ0n) is 20.4. The third-order valence-electron chi connectivity index (χ3n) is 5.80. The van der Waals surface area contributed by atoms with E-state index in [2.05, 4.69) is 5.32 Å². The highest BCUT2D eigenvalue weighted by atomic mass is 19.4. The molecule has 0 bridgehead atoms. The van der Waals surface area contributed by atoms with Crippen LogP contribution in [0.2, 0.25) is 0 Å². The molecule has 3 amide bonds. The van der Waals surface area contributed by atoms with Gasteiger partial charge >= 0.3 is 6.18 Å². The summed E-state index contributed by atoms with van der Waals surface area (Å²) in [6.07, 6.45) is -4.93. The average Bonchev–Trinajstić information content (AvgIpc) is 2.84. The largest absolute Gasteiger partial charge is 0.454 e. The standard InChI is InChI=1S/C26H26F3N3O5/c1-17(33)30-25(24(36)26(27,28)29,14-19-10-6-4-7-11-19)32-21(20-12-8-5-9-13-20)15-31(18(2)34)22(16-37-3)23(32)35/h4-13,15,22H,14,16H2,1-3H3,(H,30,33). The van der Waals surface area contributed by atoms with E-state index in [-0.39, 0.29) is 23.4 Å². The first-order valence-corrected chi connectivity index (χ1v) is 11.3. The number of Topliss-reactive ketones (excluding diaryl/α,β-unsaturated/α-hetero) is 1. The average molecular weight is 518 g/mol. The van der Waals surface area contributed by atoms with Crippen LogP contribution in [0, 0.1) is 0 Å². The minimum atomic E-state index is -5.44. The monoisotopic (exact) mass is 517 g/mol. The van der Waals surface area contributed by atoms with E-state index in [4.69, 9.17) is 4.74 Å². The van der Waals surface area contributed by atoms with E-state index in [0.29, 0.717) is 4.90 Å². The molecule has 0 saturated carbocycles. The Bertz CT molecular complexity index is 1200. The van der Waals surface area contributed by atoms with Gasteiger partial charge in [0.2, 0.25) is 11.8 Å². The Morgan fingerprint density at radius 1 is 0.973 bits per heavy atom. The molecule has 1 heterocycles. The lowest BCUT2D eigenvalue weighted by Crippen LogP contribution is -2.73. The Labute approximate surface area is 211 Å². The zero-order valence-corrected chi connectivity index (χ0v) is 20.4. The normalized spacial score (nSPS) is 17.6. The molecule has 0 aliphatic carbocycles. The predicted molar refractivity (Wildman–Crippen MR) is 127 cm³/mol. The molecule has 0 radical (unpaired) electrons. The van der Waals surface area contributed by atoms with E-state index < -0.39 is 47.8 Å². The van der Waals surface area contributed by atoms with E-state index in [1.54, 1.807) is 36.4 Å². The summed E-state index contributed by atoms with van der Waals surface area (Å²) in [5, 5.41) is 2.17. The van der Waals surface area contributed by atoms with Crippen molar-refractivity contribution in [2.45, 2.75) is 38.1 Å². The molecule has 2 aromatic rings. The Hall–Kier alpha value is -3.99. The smallest absolute Gasteiger partial charge is 0.382 e. The number of nitrogens with zero attached hydrogens (tertiary/aromatic N) is 2. The Morgan fingerprint density at radius 3 is 2.03 bits per heavy atom. The van der Waals surface area contributed by atoms with Crippen LogP contribution in [-0.2, 0) is 30.3 Å². The van der Waals surface area contributed by atoms with Crippen molar-refractivity contribution in [2.75, 3.05) is 13.7 Å². The molecule has 1 N–H and O–H groups in total. The van der Waals surface area contributed by atoms with Gasteiger partial charge in [-0.3, -0.25) is 24.1 Å². The molecule has 2 unspecified atom stereocenters. The molecule has 37 heavy (non-hydrogen) atoms. The Kier molecular flexibility index (Phi) is 8.17. The summed E-state index contributed by atoms with van der Waals surface area (Å²) in [6.45, 7) is 1.78. The summed E-state index contributed by atoms with van der Waals surface area (Å²) in [6, 6.07) is 14.2. The lowest BCUT2D eigenvalue weighted by Gasteiger charge is -2.48. The van der Waals surface area contributed by atoms with Crippen molar-refractivity contribution >= 4 is 29.2 Å². The highest BCUT2D eigenvalue weighted by Crippen LogP contribution is 2.38. The van der Waals surface area contributed by atoms with Gasteiger partial charge in [0.15, 0.2) is 5.66 Å². The summed E-state index contributed by atoms with van der Waals surface area (Å²) in [5.74, 6) is -4.91. The summed E-state index contributed by atoms with van der Waals surface area (Å²) in [5.41, 5.74) is -2.57. The minimum Gasteiger partial charge on any atom is -0.382 e. The molecule has 196 valence electrons. The molecule has 0 saturated heterocycles. The fourth-order valence-corrected chi connectivity index (χ4v) is 4.33. The fourth-order valence-electron chi connectivity index (χ4n) is 4.33. The first-order valence-electron chi connectivity index (χ1n) is 11.3. The van der Waals surface area contributed by atoms with Crippen molar-refractivity contribution in [1.82, 2.24) is 15.1 Å². The third-order valence-corrected chi connectivity index (χ3v) is 5.80. The van der Waals surface area contributed by atoms with Crippen molar-refractivity contribution in [2.24, 2.45) is 0 Å². The highest BCUT2D eigenvalue weighted by molar-refractivity contribution is 6.05. The number of nitrogens with one attached hydrogen (secondary N) is 1. The second kappa shape index (κ2) is 11.0. The molecule has 1 aliphatic heterocycles. The number of halogens is 3. The van der Waals surface area contributed by atoms with Gasteiger partial charge in [0.1, 0.15) is 6.04 Å². The van der Waals surface area contributed by atoms with E-state index >= 15 is 0 Å². The van der Waals surface area contributed by atoms with Crippen molar-refractivity contribution in [3.63, 3.8) is 0 Å². The molecular weight excluding hydrogens is 491 g/mol. The predicted octanol–water partition coefficient (Wildman–Crippen LogP) is 2.90. The number of carbonyl (C=O) groups excluding carboxylic acids is 4. The number of carbonyl (C=O) groups is 4. The molecule has 0 fully saturated rings. The van der Waals surface area contributed by atoms with Crippen LogP contribution in [0.15, 0.2) is 66.9 Å². The number of hydrogen-bond donors (Lipinski definition) is 1. The third kappa shape index (κ3) is 5.72. The lowest BCUT2D eigenvalue weighted by molar-refractivity contribution is -0.187. The van der Waals surface area contributed by atoms with E-state index in [1.165, 1.54) is 44.5 Å². The summed E-state index contributed by atoms with van der Waals surface area (Å²) < 4.78 is 47.7. The molecule has 3 rings (SSSR count). The van der Waals surface area contributed by atoms with Crippen molar-refractivity contribution in [3.8, 4) is 0 Å². The number of alkyl halides is 3. The van der Waals surface area contributed by atoms with Crippen LogP contribution in [0.3, 0.4) is 0 Å². The second-order valence-corrected chi connectivity index (χ2v) is 8.48. The Balaban J connectivity index is 2.40. The number of benzene rings is 2. The second-order valence-electron chi connectivity index (χ2n) is 8.48. The number of ketones is 1. The Morgan fingerprint density at radius 2 is 1.54 bits per heavy atom. The number of ether oxygens (including phenoxy) is 1. The fraction of sp³-hybridized carbons (Fsp3) is 0.308. The maximum Gasteiger partial charge on any atom is 0.454 e. The van der Waals surface area contributed by atoms with Gasteiger partial charge in [0.05, 0.1) is 12.3 Å². The maximum atomic E-state index is 14.2. The quantitative estimate of drug-likeness (QED) is 0.581. The molecule has 11 heteroatoms. The van der Waals surface area contributed by atoms with Crippen LogP contribution in [0.25, 0.3) is 5.70 Å². The van der Waals surface area contributed by atoms with Crippen LogP contribution in [0.4, 0.5) is 13.2 Å². The SMILES string of the molecule is COCC1C(=O)N(C(Cc2ccccc2)(NC(C)=O)C(=O)C(F)(F)F)C(c2ccccc2)=CN1C(C)=O. The van der Waals surface area contributed by atoms with Gasteiger partial charge in [-0.05, 0) is 11.1 Å². The molecule has 1 aliphatic rings. The van der Waals surface area contributed by atoms with Gasteiger partial charge in [0.25, 0.3) is 11.7 Å². The molecule has 0 aromatic heterocycles. The lowest BCUT2D eigenvalue weighted by atomic mass is 9.89. The molecule has 0 spiro atoms. The van der Waals surface area contributed by atoms with Gasteiger partial charge in [-0.1, -0.05) is 60.7 Å². The van der Waals surface area contributed by atoms with Crippen molar-refractivity contribution < 1.29 is 37.1 Å². The van der Waals surface area contributed by atoms with E-state index in [9.17, 15) is 32.3 Å². The van der Waals surface area contributed by atoms with Gasteiger partial charge in [-0.25, -0.2) is 0 Å². The summed E-state index contributed by atoms with van der Waals surface area (Å²) in [7, 11) is 1.26. The maximum absolute atomic E-state index is 14.2. The van der Waals surface area contributed by atoms with Gasteiger partial charge in [-0.2, -0.15) is 13.2 Å². The first-order chi connectivity index (χ1) is 17.4. The van der Waals surface area contributed by atoms with Crippen molar-refractivity contribution in [3.05, 3.63) is 78.0 Å². The van der Waals surface area contributed by atoms with Gasteiger partial charge < -0.3 is 15.0 Å². The van der Waals surface area contributed by atoms with Crippen LogP contribution in [-0.4, -0.2) is 64.9 Å². The number of rotatable bonds is 8. The number of amides is 3. The molecular formula is C26H26F3N3O5. The minimum absolute atomic E-state index is 0.171. The molecule has 2 aromatic carbocycles. The van der Waals surface area contributed by atoms with Gasteiger partial charge in [0, 0.05) is 33.6 Å². The van der Waals surface area contributed by atoms with Crippen LogP contribution in [0.1, 0.15) is 25.0 Å². The number of hydrogen-bond acceptors (Lipinski definition) is 5. The summed E-state index contributed by atoms with van der Waals surface area (Å²) >= 11 is 0. The van der Waals surface area contributed by atoms with Crippen LogP contribution < -0.4 is 5.32 Å². The molecule has 2 atom stereocenters. The zero-order chi connectivity index (χ0) is 27.4. The van der Waals surface area contributed by atoms with Gasteiger partial charge in [-0.15, -0.1) is 0 Å². The van der Waals surface area contributed by atoms with Crippen molar-refractivity contribution in [1.29, 1.82) is 0 Å². The highest BCUT2D eigenvalue weighted by Gasteiger charge is 2.60. The van der Waals surface area contributed by atoms with Crippen LogP contribution in [0.5, 0.6) is 0 Å². The number of methoxy groups -OCH3 is 1. The first kappa shape index (κ1) is 27.6. The van der Waals surface area contributed by atoms with E-state index in [1.807, 2.05) is 0 Å². The van der Waals surface area contributed by atoms with Crippen LogP contribution >= 0.6 is 0 Å². The molecule has 8 nitrogen and oxygen atoms in total. The van der Waals surface area contributed by atoms with E-state index in [0.717, 1.165) is 11.8 Å². The summed E-state index contributed by atoms with van der Waals surface area (Å²) in [4.78, 5) is 53.8. The topological polar surface area (TPSA) is 96.0 Å².